The minimum absolute atomic E-state index is 0.0741. The number of alkyl halides is 3. The molecule has 3 aromatic carbocycles. The highest BCUT2D eigenvalue weighted by Gasteiger charge is 2.32. The summed E-state index contributed by atoms with van der Waals surface area (Å²) in [6.07, 6.45) is -0.362. The van der Waals surface area contributed by atoms with Gasteiger partial charge in [-0.2, -0.15) is 0 Å². The average Bonchev–Trinajstić information content (AvgIpc) is 3.49. The number of nitrogens with one attached hydrogen (secondary N) is 1. The Bertz CT molecular complexity index is 1940. The molecular weight excluding hydrogens is 754 g/mol. The lowest BCUT2D eigenvalue weighted by molar-refractivity contribution is -0.274. The summed E-state index contributed by atoms with van der Waals surface area (Å²) in [4.78, 5) is 32.1. The number of carbonyl (C=O) groups is 2. The lowest BCUT2D eigenvalue weighted by atomic mass is 9.97. The van der Waals surface area contributed by atoms with E-state index in [9.17, 15) is 22.8 Å². The van der Waals surface area contributed by atoms with E-state index in [0.717, 1.165) is 66.7 Å². The number of nitrogens with zero attached hydrogens (tertiary/aromatic N) is 4. The summed E-state index contributed by atoms with van der Waals surface area (Å²) < 4.78 is 50.3. The van der Waals surface area contributed by atoms with Gasteiger partial charge < -0.3 is 24.3 Å². The van der Waals surface area contributed by atoms with Crippen molar-refractivity contribution in [1.29, 1.82) is 0 Å². The smallest absolute Gasteiger partial charge is 0.444 e. The van der Waals surface area contributed by atoms with Crippen LogP contribution in [-0.2, 0) is 29.0 Å². The van der Waals surface area contributed by atoms with Crippen LogP contribution < -0.4 is 10.1 Å². The first-order valence-corrected chi connectivity index (χ1v) is 19.5. The molecule has 1 N–H and O–H groups in total. The third-order valence-corrected chi connectivity index (χ3v) is 10.7. The summed E-state index contributed by atoms with van der Waals surface area (Å²) in [6, 6.07) is 17.8. The van der Waals surface area contributed by atoms with E-state index in [0.29, 0.717) is 61.2 Å². The number of aryl methyl sites for hydroxylation is 1. The fourth-order valence-corrected chi connectivity index (χ4v) is 7.77. The fourth-order valence-electron chi connectivity index (χ4n) is 7.25. The highest BCUT2D eigenvalue weighted by molar-refractivity contribution is 6.36. The van der Waals surface area contributed by atoms with Gasteiger partial charge >= 0.3 is 12.5 Å². The van der Waals surface area contributed by atoms with Crippen molar-refractivity contribution >= 4 is 46.1 Å². The Labute approximate surface area is 330 Å². The summed E-state index contributed by atoms with van der Waals surface area (Å²) in [5.41, 5.74) is 4.17. The summed E-state index contributed by atoms with van der Waals surface area (Å²) in [7, 11) is 0. The van der Waals surface area contributed by atoms with Gasteiger partial charge in [0, 0.05) is 91.8 Å². The SMILES string of the molecule is CC(C)(C)OC(=O)N1CCCC(C(=O)NCCCc2cn(-c3ccc(OC(F)(F)F)cc3)c3cc(CN4CCN(Cc5c(Cl)cccc5Cl)CC4)ccc23)C1. The number of carbonyl (C=O) groups excluding carboxylic acids is 2. The normalized spacial score (nSPS) is 17.4. The van der Waals surface area contributed by atoms with Gasteiger partial charge in [0.25, 0.3) is 0 Å². The molecule has 1 aromatic heterocycles. The molecule has 1 atom stereocenters. The number of benzene rings is 3. The van der Waals surface area contributed by atoms with Crippen LogP contribution in [0, 0.1) is 5.92 Å². The summed E-state index contributed by atoms with van der Waals surface area (Å²) >= 11 is 12.8. The molecule has 4 aromatic rings. The zero-order valence-corrected chi connectivity index (χ0v) is 32.9. The Morgan fingerprint density at radius 3 is 2.22 bits per heavy atom. The van der Waals surface area contributed by atoms with Crippen molar-refractivity contribution in [2.45, 2.75) is 71.5 Å². The number of piperidine rings is 1. The Morgan fingerprint density at radius 1 is 0.891 bits per heavy atom. The summed E-state index contributed by atoms with van der Waals surface area (Å²) in [5, 5.41) is 5.44. The van der Waals surface area contributed by atoms with Crippen molar-refractivity contribution in [1.82, 2.24) is 24.6 Å². The van der Waals surface area contributed by atoms with Crippen LogP contribution in [-0.4, -0.2) is 89.0 Å². The number of amides is 2. The molecule has 14 heteroatoms. The van der Waals surface area contributed by atoms with Crippen LogP contribution in [0.25, 0.3) is 16.6 Å². The van der Waals surface area contributed by atoms with Gasteiger partial charge in [-0.1, -0.05) is 41.4 Å². The molecule has 2 amide bonds. The maximum atomic E-state index is 13.1. The van der Waals surface area contributed by atoms with E-state index in [4.69, 9.17) is 27.9 Å². The maximum Gasteiger partial charge on any atom is 0.573 e. The van der Waals surface area contributed by atoms with Crippen molar-refractivity contribution in [3.8, 4) is 11.4 Å². The Hall–Kier alpha value is -3.97. The molecule has 0 bridgehead atoms. The number of ether oxygens (including phenoxy) is 2. The molecular formula is C41H48Cl2F3N5O4. The van der Waals surface area contributed by atoms with E-state index in [-0.39, 0.29) is 17.6 Å². The van der Waals surface area contributed by atoms with Crippen molar-refractivity contribution in [3.05, 3.63) is 93.6 Å². The topological polar surface area (TPSA) is 79.3 Å². The molecule has 0 radical (unpaired) electrons. The molecule has 55 heavy (non-hydrogen) atoms. The second kappa shape index (κ2) is 17.4. The van der Waals surface area contributed by atoms with Crippen LogP contribution in [0.1, 0.15) is 56.7 Å². The maximum absolute atomic E-state index is 13.1. The molecule has 3 heterocycles. The third-order valence-electron chi connectivity index (χ3n) is 9.98. The van der Waals surface area contributed by atoms with Crippen LogP contribution in [0.3, 0.4) is 0 Å². The number of hydrogen-bond acceptors (Lipinski definition) is 6. The van der Waals surface area contributed by atoms with Crippen LogP contribution in [0.15, 0.2) is 66.9 Å². The lowest BCUT2D eigenvalue weighted by Gasteiger charge is -2.35. The number of piperazine rings is 1. The molecule has 9 nitrogen and oxygen atoms in total. The Kier molecular flexibility index (Phi) is 12.9. The van der Waals surface area contributed by atoms with Crippen LogP contribution in [0.5, 0.6) is 5.75 Å². The van der Waals surface area contributed by atoms with E-state index in [1.165, 1.54) is 12.1 Å². The lowest BCUT2D eigenvalue weighted by Crippen LogP contribution is -2.47. The van der Waals surface area contributed by atoms with Gasteiger partial charge in [-0.15, -0.1) is 13.2 Å². The first kappa shape index (κ1) is 40.7. The van der Waals surface area contributed by atoms with E-state index >= 15 is 0 Å². The third kappa shape index (κ3) is 11.1. The van der Waals surface area contributed by atoms with Gasteiger partial charge in [0.15, 0.2) is 0 Å². The van der Waals surface area contributed by atoms with Crippen LogP contribution >= 0.6 is 23.2 Å². The number of fused-ring (bicyclic) bond motifs is 1. The highest BCUT2D eigenvalue weighted by atomic mass is 35.5. The first-order chi connectivity index (χ1) is 26.1. The summed E-state index contributed by atoms with van der Waals surface area (Å²) in [6.45, 7) is 11.8. The van der Waals surface area contributed by atoms with Gasteiger partial charge in [-0.25, -0.2) is 4.79 Å². The second-order valence-electron chi connectivity index (χ2n) is 15.3. The molecule has 1 unspecified atom stereocenters. The minimum atomic E-state index is -4.78. The molecule has 2 aliphatic rings. The van der Waals surface area contributed by atoms with Gasteiger partial charge in [0.1, 0.15) is 11.4 Å². The number of rotatable bonds is 11. The van der Waals surface area contributed by atoms with Crippen LogP contribution in [0.4, 0.5) is 18.0 Å². The standard InChI is InChI=1S/C41H48Cl2F3N5O4/c1-40(2,3)55-39(53)50-18-6-8-30(25-50)38(52)47-17-5-7-29-26-51(31-12-14-32(15-13-31)54-41(44,45)46)37-23-28(11-16-33(29)37)24-48-19-21-49(22-20-48)27-34-35(42)9-4-10-36(34)43/h4,9-16,23,26,30H,5-8,17-22,24-25,27H2,1-3H3,(H,47,52). The van der Waals surface area contributed by atoms with E-state index < -0.39 is 18.1 Å². The fraction of sp³-hybridized carbons (Fsp3) is 0.463. The quantitative estimate of drug-likeness (QED) is 0.153. The van der Waals surface area contributed by atoms with Crippen molar-refractivity contribution in [2.75, 3.05) is 45.8 Å². The Morgan fingerprint density at radius 2 is 1.56 bits per heavy atom. The van der Waals surface area contributed by atoms with Crippen molar-refractivity contribution in [2.24, 2.45) is 5.92 Å². The monoisotopic (exact) mass is 801 g/mol. The van der Waals surface area contributed by atoms with E-state index in [1.54, 1.807) is 17.0 Å². The zero-order chi connectivity index (χ0) is 39.3. The second-order valence-corrected chi connectivity index (χ2v) is 16.1. The highest BCUT2D eigenvalue weighted by Crippen LogP contribution is 2.31. The zero-order valence-electron chi connectivity index (χ0n) is 31.4. The predicted octanol–water partition coefficient (Wildman–Crippen LogP) is 8.85. The van der Waals surface area contributed by atoms with E-state index in [1.807, 2.05) is 49.7 Å². The molecule has 2 fully saturated rings. The molecule has 0 spiro atoms. The number of hydrogen-bond donors (Lipinski definition) is 1. The first-order valence-electron chi connectivity index (χ1n) is 18.7. The van der Waals surface area contributed by atoms with Gasteiger partial charge in [-0.05, 0) is 100 Å². The Balaban J connectivity index is 1.11. The molecule has 2 saturated heterocycles. The molecule has 296 valence electrons. The number of likely N-dealkylation sites (tertiary alicyclic amines) is 1. The van der Waals surface area contributed by atoms with Crippen LogP contribution in [0.2, 0.25) is 10.0 Å². The predicted molar refractivity (Wildman–Crippen MR) is 209 cm³/mol. The van der Waals surface area contributed by atoms with Gasteiger partial charge in [-0.3, -0.25) is 14.6 Å². The summed E-state index contributed by atoms with van der Waals surface area (Å²) in [5.74, 6) is -0.655. The number of halogens is 5. The largest absolute Gasteiger partial charge is 0.573 e. The van der Waals surface area contributed by atoms with Gasteiger partial charge in [0.2, 0.25) is 5.91 Å². The van der Waals surface area contributed by atoms with E-state index in [2.05, 4.69) is 38.1 Å². The number of aromatic nitrogens is 1. The van der Waals surface area contributed by atoms with Gasteiger partial charge in [0.05, 0.1) is 11.4 Å². The van der Waals surface area contributed by atoms with Crippen molar-refractivity contribution in [3.63, 3.8) is 0 Å². The molecule has 0 aliphatic carbocycles. The average molecular weight is 803 g/mol. The minimum Gasteiger partial charge on any atom is -0.444 e. The van der Waals surface area contributed by atoms with Crippen molar-refractivity contribution < 1.29 is 32.2 Å². The molecule has 0 saturated carbocycles. The molecule has 2 aliphatic heterocycles. The molecule has 6 rings (SSSR count).